The number of hydrogen-bond acceptors (Lipinski definition) is 5. The minimum Gasteiger partial charge on any atom is -0.493 e. The SMILES string of the molecule is COc1cc(/C=C2\SC(N)=NC2=O)cc(Cl)c1OCc1ccccc1C. The summed E-state index contributed by atoms with van der Waals surface area (Å²) in [4.78, 5) is 15.9. The molecule has 7 heteroatoms. The van der Waals surface area contributed by atoms with Gasteiger partial charge in [-0.3, -0.25) is 4.79 Å². The van der Waals surface area contributed by atoms with Crippen LogP contribution in [0.4, 0.5) is 0 Å². The third-order valence-corrected chi connectivity index (χ3v) is 4.91. The molecular formula is C19H17ClN2O3S. The van der Waals surface area contributed by atoms with Crippen LogP contribution in [0.25, 0.3) is 6.08 Å². The number of nitrogens with two attached hydrogens (primary N) is 1. The lowest BCUT2D eigenvalue weighted by molar-refractivity contribution is -0.113. The molecule has 2 N–H and O–H groups in total. The first-order valence-corrected chi connectivity index (χ1v) is 9.00. The summed E-state index contributed by atoms with van der Waals surface area (Å²) in [5, 5.41) is 0.631. The van der Waals surface area contributed by atoms with E-state index in [-0.39, 0.29) is 11.1 Å². The normalized spacial score (nSPS) is 15.3. The molecule has 5 nitrogen and oxygen atoms in total. The smallest absolute Gasteiger partial charge is 0.286 e. The predicted octanol–water partition coefficient (Wildman–Crippen LogP) is 4.17. The monoisotopic (exact) mass is 388 g/mol. The van der Waals surface area contributed by atoms with Crippen LogP contribution >= 0.6 is 23.4 Å². The van der Waals surface area contributed by atoms with Crippen molar-refractivity contribution in [2.24, 2.45) is 10.7 Å². The molecule has 0 unspecified atom stereocenters. The fourth-order valence-electron chi connectivity index (χ4n) is 2.46. The lowest BCUT2D eigenvalue weighted by Crippen LogP contribution is -2.01. The number of hydrogen-bond donors (Lipinski definition) is 1. The van der Waals surface area contributed by atoms with Crippen molar-refractivity contribution in [3.63, 3.8) is 0 Å². The Morgan fingerprint density at radius 1 is 1.31 bits per heavy atom. The van der Waals surface area contributed by atoms with E-state index < -0.39 is 0 Å². The Hall–Kier alpha value is -2.44. The lowest BCUT2D eigenvalue weighted by Gasteiger charge is -2.14. The van der Waals surface area contributed by atoms with Crippen molar-refractivity contribution < 1.29 is 14.3 Å². The Bertz CT molecular complexity index is 925. The van der Waals surface area contributed by atoms with E-state index in [4.69, 9.17) is 26.8 Å². The second-order valence-corrected chi connectivity index (χ2v) is 7.08. The maximum atomic E-state index is 11.7. The first kappa shape index (κ1) is 18.4. The minimum atomic E-state index is -0.359. The minimum absolute atomic E-state index is 0.234. The second kappa shape index (κ2) is 7.85. The Morgan fingerprint density at radius 2 is 2.08 bits per heavy atom. The third-order valence-electron chi connectivity index (χ3n) is 3.82. The highest BCUT2D eigenvalue weighted by Crippen LogP contribution is 2.38. The molecule has 0 atom stereocenters. The van der Waals surface area contributed by atoms with E-state index in [0.717, 1.165) is 22.9 Å². The number of amides is 1. The van der Waals surface area contributed by atoms with Gasteiger partial charge in [0.05, 0.1) is 17.0 Å². The number of aliphatic imine (C=N–C) groups is 1. The van der Waals surface area contributed by atoms with Crippen molar-refractivity contribution in [1.29, 1.82) is 0 Å². The van der Waals surface area contributed by atoms with Gasteiger partial charge in [-0.25, -0.2) is 0 Å². The Morgan fingerprint density at radius 3 is 2.73 bits per heavy atom. The number of carbonyl (C=O) groups excluding carboxylic acids is 1. The summed E-state index contributed by atoms with van der Waals surface area (Å²) in [6.07, 6.45) is 1.68. The lowest BCUT2D eigenvalue weighted by atomic mass is 10.1. The highest BCUT2D eigenvalue weighted by atomic mass is 35.5. The van der Waals surface area contributed by atoms with Crippen LogP contribution in [-0.4, -0.2) is 18.2 Å². The third kappa shape index (κ3) is 4.03. The van der Waals surface area contributed by atoms with Crippen molar-refractivity contribution in [2.75, 3.05) is 7.11 Å². The zero-order chi connectivity index (χ0) is 18.7. The number of benzene rings is 2. The average molecular weight is 389 g/mol. The molecule has 0 radical (unpaired) electrons. The van der Waals surface area contributed by atoms with Gasteiger partial charge in [-0.15, -0.1) is 0 Å². The van der Waals surface area contributed by atoms with Gasteiger partial charge in [-0.05, 0) is 53.6 Å². The van der Waals surface area contributed by atoms with Gasteiger partial charge in [0.2, 0.25) is 0 Å². The van der Waals surface area contributed by atoms with E-state index in [1.54, 1.807) is 25.3 Å². The molecule has 0 aliphatic carbocycles. The van der Waals surface area contributed by atoms with Crippen molar-refractivity contribution >= 4 is 40.5 Å². The molecule has 2 aromatic carbocycles. The van der Waals surface area contributed by atoms with Gasteiger partial charge in [0.1, 0.15) is 6.61 Å². The zero-order valence-corrected chi connectivity index (χ0v) is 15.9. The Balaban J connectivity index is 1.85. The van der Waals surface area contributed by atoms with Crippen molar-refractivity contribution in [1.82, 2.24) is 0 Å². The summed E-state index contributed by atoms with van der Waals surface area (Å²) in [7, 11) is 1.54. The number of ether oxygens (including phenoxy) is 2. The molecule has 0 saturated heterocycles. The van der Waals surface area contributed by atoms with Crippen LogP contribution in [0.5, 0.6) is 11.5 Å². The Labute approximate surface area is 160 Å². The van der Waals surface area contributed by atoms with Crippen molar-refractivity contribution in [3.8, 4) is 11.5 Å². The van der Waals surface area contributed by atoms with Crippen LogP contribution in [0.2, 0.25) is 5.02 Å². The van der Waals surface area contributed by atoms with Gasteiger partial charge in [0.25, 0.3) is 5.91 Å². The molecule has 3 rings (SSSR count). The van der Waals surface area contributed by atoms with Gasteiger partial charge in [0.15, 0.2) is 16.7 Å². The van der Waals surface area contributed by atoms with E-state index in [2.05, 4.69) is 4.99 Å². The quantitative estimate of drug-likeness (QED) is 0.778. The maximum Gasteiger partial charge on any atom is 0.286 e. The van der Waals surface area contributed by atoms with Gasteiger partial charge >= 0.3 is 0 Å². The van der Waals surface area contributed by atoms with Gasteiger partial charge in [-0.2, -0.15) is 4.99 Å². The number of carbonyl (C=O) groups is 1. The number of methoxy groups -OCH3 is 1. The standard InChI is InChI=1S/C19H17ClN2O3S/c1-11-5-3-4-6-13(11)10-25-17-14(20)7-12(8-15(17)24-2)9-16-18(23)22-19(21)26-16/h3-9H,10H2,1-2H3,(H2,21,22,23)/b16-9-. The summed E-state index contributed by atoms with van der Waals surface area (Å²) < 4.78 is 11.3. The highest BCUT2D eigenvalue weighted by Gasteiger charge is 2.20. The summed E-state index contributed by atoms with van der Waals surface area (Å²) in [5.41, 5.74) is 8.48. The van der Waals surface area contributed by atoms with E-state index >= 15 is 0 Å². The first-order valence-electron chi connectivity index (χ1n) is 7.81. The summed E-state index contributed by atoms with van der Waals surface area (Å²) in [5.74, 6) is 0.588. The average Bonchev–Trinajstić information content (AvgIpc) is 2.92. The van der Waals surface area contributed by atoms with Crippen LogP contribution in [0.1, 0.15) is 16.7 Å². The highest BCUT2D eigenvalue weighted by molar-refractivity contribution is 8.18. The number of aryl methyl sites for hydroxylation is 1. The fraction of sp³-hybridized carbons (Fsp3) is 0.158. The predicted molar refractivity (Wildman–Crippen MR) is 106 cm³/mol. The number of thioether (sulfide) groups is 1. The largest absolute Gasteiger partial charge is 0.493 e. The fourth-order valence-corrected chi connectivity index (χ4v) is 3.42. The summed E-state index contributed by atoms with van der Waals surface area (Å²) in [6.45, 7) is 2.40. The van der Waals surface area contributed by atoms with Crippen LogP contribution in [-0.2, 0) is 11.4 Å². The number of nitrogens with zero attached hydrogens (tertiary/aromatic N) is 1. The molecule has 0 spiro atoms. The molecule has 1 heterocycles. The molecule has 1 aliphatic rings. The van der Waals surface area contributed by atoms with E-state index in [1.165, 1.54) is 0 Å². The molecular weight excluding hydrogens is 372 g/mol. The van der Waals surface area contributed by atoms with Gasteiger partial charge in [-0.1, -0.05) is 35.9 Å². The van der Waals surface area contributed by atoms with Crippen LogP contribution in [0.15, 0.2) is 46.3 Å². The molecule has 1 aliphatic heterocycles. The molecule has 2 aromatic rings. The molecule has 26 heavy (non-hydrogen) atoms. The molecule has 0 saturated carbocycles. The van der Waals surface area contributed by atoms with E-state index in [0.29, 0.717) is 33.6 Å². The molecule has 0 aromatic heterocycles. The Kier molecular flexibility index (Phi) is 5.54. The molecule has 1 amide bonds. The molecule has 0 fully saturated rings. The molecule has 134 valence electrons. The topological polar surface area (TPSA) is 73.9 Å². The summed E-state index contributed by atoms with van der Waals surface area (Å²) >= 11 is 7.52. The first-order chi connectivity index (χ1) is 12.5. The summed E-state index contributed by atoms with van der Waals surface area (Å²) in [6, 6.07) is 11.4. The van der Waals surface area contributed by atoms with Crippen molar-refractivity contribution in [2.45, 2.75) is 13.5 Å². The van der Waals surface area contributed by atoms with Crippen LogP contribution < -0.4 is 15.2 Å². The van der Waals surface area contributed by atoms with Crippen LogP contribution in [0.3, 0.4) is 0 Å². The molecule has 0 bridgehead atoms. The van der Waals surface area contributed by atoms with E-state index in [1.807, 2.05) is 31.2 Å². The van der Waals surface area contributed by atoms with Crippen LogP contribution in [0, 0.1) is 6.92 Å². The zero-order valence-electron chi connectivity index (χ0n) is 14.3. The number of halogens is 1. The van der Waals surface area contributed by atoms with Crippen molar-refractivity contribution in [3.05, 3.63) is 63.0 Å². The number of amidine groups is 1. The van der Waals surface area contributed by atoms with Gasteiger partial charge < -0.3 is 15.2 Å². The van der Waals surface area contributed by atoms with E-state index in [9.17, 15) is 4.79 Å². The van der Waals surface area contributed by atoms with Gasteiger partial charge in [0, 0.05) is 0 Å². The second-order valence-electron chi connectivity index (χ2n) is 5.62. The maximum absolute atomic E-state index is 11.7. The number of rotatable bonds is 5.